The molecule has 3 rings (SSSR count). The maximum Gasteiger partial charge on any atom is 0.137 e. The Bertz CT molecular complexity index is 632. The van der Waals surface area contributed by atoms with Crippen molar-refractivity contribution in [2.24, 2.45) is 0 Å². The first-order valence-electron chi connectivity index (χ1n) is 5.06. The number of halogens is 1. The lowest BCUT2D eigenvalue weighted by Gasteiger charge is -2.05. The van der Waals surface area contributed by atoms with Gasteiger partial charge >= 0.3 is 0 Å². The summed E-state index contributed by atoms with van der Waals surface area (Å²) in [5.74, 6) is 0.871. The number of rotatable bonds is 3. The van der Waals surface area contributed by atoms with E-state index in [-0.39, 0.29) is 0 Å². The van der Waals surface area contributed by atoms with Crippen LogP contribution in [0, 0.1) is 0 Å². The zero-order valence-electron chi connectivity index (χ0n) is 8.77. The Hall–Kier alpha value is -1.59. The highest BCUT2D eigenvalue weighted by Crippen LogP contribution is 2.23. The van der Waals surface area contributed by atoms with Crippen LogP contribution in [0.15, 0.2) is 29.2 Å². The molecule has 0 spiro atoms. The third-order valence-corrected chi connectivity index (χ3v) is 3.44. The molecule has 4 nitrogen and oxygen atoms in total. The fourth-order valence-corrected chi connectivity index (χ4v) is 2.38. The molecule has 0 saturated carbocycles. The quantitative estimate of drug-likeness (QED) is 0.763. The highest BCUT2D eigenvalue weighted by atomic mass is 35.5. The second kappa shape index (κ2) is 4.35. The fourth-order valence-electron chi connectivity index (χ4n) is 1.63. The SMILES string of the molecule is Clc1cc2cn[nH]c2cc1CNc1cscn1. The average Bonchev–Trinajstić information content (AvgIpc) is 2.95. The number of aromatic nitrogens is 3. The molecular formula is C11H9ClN4S. The number of nitrogens with one attached hydrogen (secondary N) is 2. The summed E-state index contributed by atoms with van der Waals surface area (Å²) in [6.45, 7) is 0.650. The van der Waals surface area contributed by atoms with Crippen molar-refractivity contribution in [3.63, 3.8) is 0 Å². The highest BCUT2D eigenvalue weighted by Gasteiger charge is 2.05. The van der Waals surface area contributed by atoms with Crippen molar-refractivity contribution in [1.82, 2.24) is 15.2 Å². The van der Waals surface area contributed by atoms with E-state index in [4.69, 9.17) is 11.6 Å². The average molecular weight is 265 g/mol. The molecule has 0 unspecified atom stereocenters. The number of aromatic amines is 1. The van der Waals surface area contributed by atoms with Crippen LogP contribution in [0.25, 0.3) is 10.9 Å². The molecule has 17 heavy (non-hydrogen) atoms. The number of thiazole rings is 1. The molecule has 6 heteroatoms. The van der Waals surface area contributed by atoms with Crippen LogP contribution in [0.5, 0.6) is 0 Å². The molecule has 86 valence electrons. The van der Waals surface area contributed by atoms with E-state index in [9.17, 15) is 0 Å². The molecule has 0 aliphatic heterocycles. The van der Waals surface area contributed by atoms with Gasteiger partial charge in [-0.15, -0.1) is 11.3 Å². The second-order valence-electron chi connectivity index (χ2n) is 3.63. The molecule has 0 bridgehead atoms. The Morgan fingerprint density at radius 2 is 2.35 bits per heavy atom. The molecule has 0 aliphatic rings. The van der Waals surface area contributed by atoms with E-state index in [1.165, 1.54) is 0 Å². The summed E-state index contributed by atoms with van der Waals surface area (Å²) in [5.41, 5.74) is 3.81. The van der Waals surface area contributed by atoms with Crippen LogP contribution >= 0.6 is 22.9 Å². The Balaban J connectivity index is 1.86. The predicted octanol–water partition coefficient (Wildman–Crippen LogP) is 3.28. The summed E-state index contributed by atoms with van der Waals surface area (Å²) in [4.78, 5) is 4.16. The van der Waals surface area contributed by atoms with E-state index >= 15 is 0 Å². The van der Waals surface area contributed by atoms with E-state index in [0.717, 1.165) is 27.3 Å². The number of fused-ring (bicyclic) bond motifs is 1. The van der Waals surface area contributed by atoms with Crippen LogP contribution in [0.1, 0.15) is 5.56 Å². The lowest BCUT2D eigenvalue weighted by Crippen LogP contribution is -2.00. The van der Waals surface area contributed by atoms with Crippen LogP contribution in [0.3, 0.4) is 0 Å². The van der Waals surface area contributed by atoms with Gasteiger partial charge in [0.15, 0.2) is 0 Å². The van der Waals surface area contributed by atoms with Gasteiger partial charge in [0.1, 0.15) is 5.82 Å². The maximum atomic E-state index is 6.20. The smallest absolute Gasteiger partial charge is 0.137 e. The first kappa shape index (κ1) is 10.6. The highest BCUT2D eigenvalue weighted by molar-refractivity contribution is 7.07. The lowest BCUT2D eigenvalue weighted by atomic mass is 10.1. The minimum atomic E-state index is 0.650. The van der Waals surface area contributed by atoms with Crippen molar-refractivity contribution in [2.45, 2.75) is 6.54 Å². The Morgan fingerprint density at radius 3 is 3.18 bits per heavy atom. The van der Waals surface area contributed by atoms with Gasteiger partial charge in [0.05, 0.1) is 17.2 Å². The third kappa shape index (κ3) is 2.11. The minimum Gasteiger partial charge on any atom is -0.365 e. The Morgan fingerprint density at radius 1 is 1.41 bits per heavy atom. The van der Waals surface area contributed by atoms with Crippen molar-refractivity contribution < 1.29 is 0 Å². The molecular weight excluding hydrogens is 256 g/mol. The summed E-state index contributed by atoms with van der Waals surface area (Å²) in [6.07, 6.45) is 1.76. The molecule has 0 radical (unpaired) electrons. The van der Waals surface area contributed by atoms with E-state index < -0.39 is 0 Å². The topological polar surface area (TPSA) is 53.6 Å². The zero-order valence-corrected chi connectivity index (χ0v) is 10.3. The number of benzene rings is 1. The fraction of sp³-hybridized carbons (Fsp3) is 0.0909. The lowest BCUT2D eigenvalue weighted by molar-refractivity contribution is 1.11. The van der Waals surface area contributed by atoms with Crippen molar-refractivity contribution in [2.75, 3.05) is 5.32 Å². The summed E-state index contributed by atoms with van der Waals surface area (Å²) in [6, 6.07) is 3.92. The molecule has 0 fully saturated rings. The molecule has 0 aliphatic carbocycles. The monoisotopic (exact) mass is 264 g/mol. The van der Waals surface area contributed by atoms with Crippen LogP contribution in [-0.4, -0.2) is 15.2 Å². The minimum absolute atomic E-state index is 0.650. The maximum absolute atomic E-state index is 6.20. The van der Waals surface area contributed by atoms with Gasteiger partial charge in [0.25, 0.3) is 0 Å². The van der Waals surface area contributed by atoms with Gasteiger partial charge in [-0.2, -0.15) is 5.10 Å². The van der Waals surface area contributed by atoms with Gasteiger partial charge in [-0.25, -0.2) is 4.98 Å². The molecule has 0 atom stereocenters. The summed E-state index contributed by atoms with van der Waals surface area (Å²) in [5, 5.41) is 13.8. The van der Waals surface area contributed by atoms with Gasteiger partial charge in [-0.3, -0.25) is 5.10 Å². The standard InChI is InChI=1S/C11H9ClN4S/c12-9-1-8-4-15-16-10(8)2-7(9)3-13-11-5-17-6-14-11/h1-2,4-6,13H,3H2,(H,15,16). The molecule has 2 aromatic heterocycles. The van der Waals surface area contributed by atoms with Crippen LogP contribution in [-0.2, 0) is 6.54 Å². The van der Waals surface area contributed by atoms with Gasteiger partial charge < -0.3 is 5.32 Å². The first-order chi connectivity index (χ1) is 8.33. The number of nitrogens with zero attached hydrogens (tertiary/aromatic N) is 2. The van der Waals surface area contributed by atoms with Gasteiger partial charge in [0.2, 0.25) is 0 Å². The van der Waals surface area contributed by atoms with Crippen LogP contribution in [0.4, 0.5) is 5.82 Å². The molecule has 2 N–H and O–H groups in total. The summed E-state index contributed by atoms with van der Waals surface area (Å²) in [7, 11) is 0. The Kier molecular flexibility index (Phi) is 2.70. The van der Waals surface area contributed by atoms with E-state index in [2.05, 4.69) is 20.5 Å². The van der Waals surface area contributed by atoms with Crippen LogP contribution in [0.2, 0.25) is 5.02 Å². The van der Waals surface area contributed by atoms with E-state index in [1.807, 2.05) is 17.5 Å². The largest absolute Gasteiger partial charge is 0.365 e. The van der Waals surface area contributed by atoms with Crippen LogP contribution < -0.4 is 5.32 Å². The van der Waals surface area contributed by atoms with Crippen molar-refractivity contribution >= 4 is 39.7 Å². The van der Waals surface area contributed by atoms with Gasteiger partial charge in [-0.05, 0) is 17.7 Å². The van der Waals surface area contributed by atoms with E-state index in [1.54, 1.807) is 23.0 Å². The van der Waals surface area contributed by atoms with Gasteiger partial charge in [0, 0.05) is 22.3 Å². The molecule has 0 saturated heterocycles. The van der Waals surface area contributed by atoms with Crippen molar-refractivity contribution in [3.8, 4) is 0 Å². The number of anilines is 1. The summed E-state index contributed by atoms with van der Waals surface area (Å²) >= 11 is 7.76. The molecule has 1 aromatic carbocycles. The van der Waals surface area contributed by atoms with Crippen molar-refractivity contribution in [3.05, 3.63) is 39.8 Å². The number of hydrogen-bond donors (Lipinski definition) is 2. The van der Waals surface area contributed by atoms with Crippen molar-refractivity contribution in [1.29, 1.82) is 0 Å². The Labute approximate surface area is 107 Å². The predicted molar refractivity (Wildman–Crippen MR) is 70.5 cm³/mol. The number of H-pyrrole nitrogens is 1. The molecule has 0 amide bonds. The zero-order chi connectivity index (χ0) is 11.7. The summed E-state index contributed by atoms with van der Waals surface area (Å²) < 4.78 is 0. The third-order valence-electron chi connectivity index (χ3n) is 2.50. The van der Waals surface area contributed by atoms with E-state index in [0.29, 0.717) is 6.54 Å². The van der Waals surface area contributed by atoms with Gasteiger partial charge in [-0.1, -0.05) is 11.6 Å². The second-order valence-corrected chi connectivity index (χ2v) is 4.75. The number of hydrogen-bond acceptors (Lipinski definition) is 4. The molecule has 3 aromatic rings. The first-order valence-corrected chi connectivity index (χ1v) is 6.38. The normalized spacial score (nSPS) is 10.9. The molecule has 2 heterocycles.